The van der Waals surface area contributed by atoms with E-state index in [-0.39, 0.29) is 22.7 Å². The molecule has 0 aromatic heterocycles. The number of isocyanates is 4. The lowest BCUT2D eigenvalue weighted by Gasteiger charge is -2.35. The van der Waals surface area contributed by atoms with Crippen LogP contribution < -0.4 is 0 Å². The molecule has 0 amide bonds. The first-order valence-corrected chi connectivity index (χ1v) is 9.68. The molecule has 0 bridgehead atoms. The fourth-order valence-corrected chi connectivity index (χ4v) is 4.07. The highest BCUT2D eigenvalue weighted by Crippen LogP contribution is 2.55. The van der Waals surface area contributed by atoms with Gasteiger partial charge in [0.2, 0.25) is 24.3 Å². The first-order valence-electron chi connectivity index (χ1n) is 9.68. The van der Waals surface area contributed by atoms with Crippen molar-refractivity contribution < 1.29 is 19.2 Å². The van der Waals surface area contributed by atoms with Gasteiger partial charge in [-0.2, -0.15) is 20.0 Å². The quantitative estimate of drug-likeness (QED) is 0.287. The third-order valence-electron chi connectivity index (χ3n) is 5.47. The van der Waals surface area contributed by atoms with E-state index in [4.69, 9.17) is 0 Å². The smallest absolute Gasteiger partial charge is 0.211 e. The summed E-state index contributed by atoms with van der Waals surface area (Å²) in [6.45, 7) is 3.53. The zero-order chi connectivity index (χ0) is 23.8. The van der Waals surface area contributed by atoms with Gasteiger partial charge in [-0.1, -0.05) is 60.7 Å². The van der Waals surface area contributed by atoms with E-state index in [2.05, 4.69) is 20.0 Å². The van der Waals surface area contributed by atoms with Crippen LogP contribution in [0.5, 0.6) is 0 Å². The minimum atomic E-state index is -0.966. The average Bonchev–Trinajstić information content (AvgIpc) is 2.85. The molecule has 33 heavy (non-hydrogen) atoms. The summed E-state index contributed by atoms with van der Waals surface area (Å²) >= 11 is 0. The van der Waals surface area contributed by atoms with E-state index in [0.29, 0.717) is 11.1 Å². The van der Waals surface area contributed by atoms with Gasteiger partial charge in [-0.25, -0.2) is 19.2 Å². The maximum absolute atomic E-state index is 11.4. The highest BCUT2D eigenvalue weighted by atomic mass is 16.1. The van der Waals surface area contributed by atoms with E-state index in [1.54, 1.807) is 6.92 Å². The summed E-state index contributed by atoms with van der Waals surface area (Å²) in [5.74, 6) is 0. The lowest BCUT2D eigenvalue weighted by molar-refractivity contribution is 0.563. The zero-order valence-corrected chi connectivity index (χ0v) is 17.7. The Morgan fingerprint density at radius 2 is 0.939 bits per heavy atom. The normalized spacial score (nSPS) is 10.1. The fourth-order valence-electron chi connectivity index (χ4n) is 4.07. The maximum Gasteiger partial charge on any atom is 0.240 e. The van der Waals surface area contributed by atoms with Gasteiger partial charge < -0.3 is 0 Å². The highest BCUT2D eigenvalue weighted by molar-refractivity contribution is 5.94. The van der Waals surface area contributed by atoms with Crippen LogP contribution in [0.4, 0.5) is 22.7 Å². The van der Waals surface area contributed by atoms with Gasteiger partial charge in [0.1, 0.15) is 22.7 Å². The predicted molar refractivity (Wildman–Crippen MR) is 121 cm³/mol. The molecule has 0 aliphatic rings. The number of benzene rings is 3. The minimum absolute atomic E-state index is 0.0553. The first kappa shape index (κ1) is 22.9. The SMILES string of the molecule is Cc1c(N=C=O)c(N=C=O)c(N=C=O)c(N=C=O)c1C(C)(c1ccccc1)c1ccccc1. The second kappa shape index (κ2) is 9.99. The van der Waals surface area contributed by atoms with Crippen LogP contribution >= 0.6 is 0 Å². The summed E-state index contributed by atoms with van der Waals surface area (Å²) in [5, 5.41) is 0. The molecule has 0 saturated carbocycles. The zero-order valence-electron chi connectivity index (χ0n) is 17.7. The number of nitrogens with zero attached hydrogens (tertiary/aromatic N) is 4. The first-order chi connectivity index (χ1) is 16.0. The Kier molecular flexibility index (Phi) is 6.92. The van der Waals surface area contributed by atoms with Crippen molar-refractivity contribution in [3.63, 3.8) is 0 Å². The summed E-state index contributed by atoms with van der Waals surface area (Å²) in [6.07, 6.45) is 5.66. The second-order valence-corrected chi connectivity index (χ2v) is 7.06. The number of aliphatic imine (C=N–C) groups is 4. The minimum Gasteiger partial charge on any atom is -0.211 e. The molecule has 3 aromatic carbocycles. The molecule has 3 aromatic rings. The lowest BCUT2D eigenvalue weighted by Crippen LogP contribution is -2.26. The summed E-state index contributed by atoms with van der Waals surface area (Å²) in [5.41, 5.74) is 0.828. The lowest BCUT2D eigenvalue weighted by atomic mass is 9.68. The summed E-state index contributed by atoms with van der Waals surface area (Å²) in [4.78, 5) is 59.8. The van der Waals surface area contributed by atoms with E-state index in [1.807, 2.05) is 67.6 Å². The molecule has 0 fully saturated rings. The Bertz CT molecular complexity index is 1350. The molecule has 0 unspecified atom stereocenters. The van der Waals surface area contributed by atoms with Gasteiger partial charge in [0.05, 0.1) is 0 Å². The Balaban J connectivity index is 2.68. The monoisotopic (exact) mass is 436 g/mol. The van der Waals surface area contributed by atoms with E-state index in [0.717, 1.165) is 11.1 Å². The summed E-state index contributed by atoms with van der Waals surface area (Å²) < 4.78 is 0. The van der Waals surface area contributed by atoms with Gasteiger partial charge in [-0.15, -0.1) is 0 Å². The van der Waals surface area contributed by atoms with Crippen molar-refractivity contribution in [3.05, 3.63) is 82.9 Å². The van der Waals surface area contributed by atoms with Crippen molar-refractivity contribution in [2.24, 2.45) is 20.0 Å². The molecule has 0 atom stereocenters. The van der Waals surface area contributed by atoms with Crippen LogP contribution in [0.25, 0.3) is 0 Å². The van der Waals surface area contributed by atoms with Gasteiger partial charge in [0, 0.05) is 11.0 Å². The van der Waals surface area contributed by atoms with Crippen LogP contribution in [0.15, 0.2) is 80.6 Å². The number of hydrogen-bond donors (Lipinski definition) is 0. The van der Waals surface area contributed by atoms with Crippen molar-refractivity contribution in [2.75, 3.05) is 0 Å². The third kappa shape index (κ3) is 4.06. The molecule has 0 saturated heterocycles. The summed E-state index contributed by atoms with van der Waals surface area (Å²) in [6, 6.07) is 18.7. The average molecular weight is 436 g/mol. The molecule has 0 aliphatic heterocycles. The molecule has 0 aliphatic carbocycles. The molecule has 0 spiro atoms. The van der Waals surface area contributed by atoms with Crippen molar-refractivity contribution in [1.29, 1.82) is 0 Å². The predicted octanol–water partition coefficient (Wildman–Crippen LogP) is 5.22. The van der Waals surface area contributed by atoms with E-state index < -0.39 is 5.41 Å². The molecule has 0 N–H and O–H groups in total. The second-order valence-electron chi connectivity index (χ2n) is 7.06. The van der Waals surface area contributed by atoms with Crippen molar-refractivity contribution >= 4 is 47.1 Å². The van der Waals surface area contributed by atoms with Crippen LogP contribution in [0.3, 0.4) is 0 Å². The Morgan fingerprint density at radius 1 is 0.576 bits per heavy atom. The molecule has 3 rings (SSSR count). The topological polar surface area (TPSA) is 118 Å². The third-order valence-corrected chi connectivity index (χ3v) is 5.47. The van der Waals surface area contributed by atoms with Gasteiger partial charge in [-0.3, -0.25) is 0 Å². The maximum atomic E-state index is 11.4. The van der Waals surface area contributed by atoms with Crippen molar-refractivity contribution in [3.8, 4) is 0 Å². The molecule has 0 heterocycles. The Hall–Kier alpha value is -4.82. The van der Waals surface area contributed by atoms with Gasteiger partial charge in [0.15, 0.2) is 0 Å². The molecule has 160 valence electrons. The fraction of sp³-hybridized carbons (Fsp3) is 0.120. The number of hydrogen-bond acceptors (Lipinski definition) is 8. The molecular weight excluding hydrogens is 420 g/mol. The Morgan fingerprint density at radius 3 is 1.36 bits per heavy atom. The molecule has 8 nitrogen and oxygen atoms in total. The standard InChI is InChI=1S/C25H16N4O4/c1-17-20(25(2,18-9-5-3-6-10-18)19-11-7-4-8-12-19)22(27-14-31)24(29-16-33)23(28-15-32)21(17)26-13-30/h3-12H,1-2H3. The largest absolute Gasteiger partial charge is 0.240 e. The van der Waals surface area contributed by atoms with E-state index in [9.17, 15) is 19.2 Å². The van der Waals surface area contributed by atoms with E-state index >= 15 is 0 Å². The van der Waals surface area contributed by atoms with Crippen LogP contribution in [0, 0.1) is 6.92 Å². The molecular formula is C25H16N4O4. The van der Waals surface area contributed by atoms with Gasteiger partial charge in [0.25, 0.3) is 0 Å². The number of rotatable bonds is 7. The Labute approximate surface area is 188 Å². The van der Waals surface area contributed by atoms with E-state index in [1.165, 1.54) is 24.3 Å². The van der Waals surface area contributed by atoms with Crippen LogP contribution in [0.1, 0.15) is 29.2 Å². The van der Waals surface area contributed by atoms with Crippen molar-refractivity contribution in [1.82, 2.24) is 0 Å². The van der Waals surface area contributed by atoms with Crippen LogP contribution in [0.2, 0.25) is 0 Å². The molecule has 0 radical (unpaired) electrons. The summed E-state index contributed by atoms with van der Waals surface area (Å²) in [7, 11) is 0. The molecule has 8 heteroatoms. The number of carbonyl (C=O) groups excluding carboxylic acids is 4. The van der Waals surface area contributed by atoms with Crippen LogP contribution in [-0.2, 0) is 24.6 Å². The van der Waals surface area contributed by atoms with Crippen LogP contribution in [-0.4, -0.2) is 24.3 Å². The van der Waals surface area contributed by atoms with Gasteiger partial charge >= 0.3 is 0 Å². The van der Waals surface area contributed by atoms with Gasteiger partial charge in [-0.05, 0) is 30.5 Å². The van der Waals surface area contributed by atoms with Crippen molar-refractivity contribution in [2.45, 2.75) is 19.3 Å². The highest BCUT2D eigenvalue weighted by Gasteiger charge is 2.38.